The number of aromatic nitrogens is 5. The number of nitrogens with one attached hydrogen (secondary N) is 2. The first-order valence-corrected chi connectivity index (χ1v) is 10.9. The van der Waals surface area contributed by atoms with E-state index in [-0.39, 0.29) is 11.7 Å². The van der Waals surface area contributed by atoms with Gasteiger partial charge in [0.2, 0.25) is 5.91 Å². The standard InChI is InChI=1S/C25H27FN6O/c1-16-4-10-22(28-15-16)24-14-23(19-5-7-20(26)8-6-19)31-32(24)13-12-27-25(33)11-9-21-17(2)29-30-18(21)3/h4-8,10,14-15H,9,11-13H2,1-3H3,(H,27,33)(H,29,30). The number of rotatable bonds is 8. The van der Waals surface area contributed by atoms with Crippen molar-refractivity contribution in [3.8, 4) is 22.6 Å². The molecule has 3 heterocycles. The lowest BCUT2D eigenvalue weighted by Gasteiger charge is -2.09. The lowest BCUT2D eigenvalue weighted by Crippen LogP contribution is -2.28. The molecule has 0 atom stereocenters. The fraction of sp³-hybridized carbons (Fsp3) is 0.280. The lowest BCUT2D eigenvalue weighted by molar-refractivity contribution is -0.121. The number of halogens is 1. The van der Waals surface area contributed by atoms with Gasteiger partial charge in [-0.25, -0.2) is 4.39 Å². The molecule has 170 valence electrons. The molecule has 4 rings (SSSR count). The third kappa shape index (κ3) is 5.34. The van der Waals surface area contributed by atoms with Crippen LogP contribution in [0, 0.1) is 26.6 Å². The highest BCUT2D eigenvalue weighted by Crippen LogP contribution is 2.25. The highest BCUT2D eigenvalue weighted by Gasteiger charge is 2.14. The summed E-state index contributed by atoms with van der Waals surface area (Å²) in [7, 11) is 0. The van der Waals surface area contributed by atoms with Gasteiger partial charge in [0.05, 0.1) is 29.3 Å². The molecule has 33 heavy (non-hydrogen) atoms. The summed E-state index contributed by atoms with van der Waals surface area (Å²) < 4.78 is 15.2. The first kappa shape index (κ1) is 22.4. The van der Waals surface area contributed by atoms with E-state index in [0.717, 1.165) is 45.2 Å². The Morgan fingerprint density at radius 2 is 1.88 bits per heavy atom. The molecule has 8 heteroatoms. The van der Waals surface area contributed by atoms with Crippen molar-refractivity contribution in [1.29, 1.82) is 0 Å². The molecule has 0 fully saturated rings. The van der Waals surface area contributed by atoms with Crippen molar-refractivity contribution in [2.75, 3.05) is 6.54 Å². The summed E-state index contributed by atoms with van der Waals surface area (Å²) in [5, 5.41) is 14.8. The van der Waals surface area contributed by atoms with Crippen molar-refractivity contribution < 1.29 is 9.18 Å². The SMILES string of the molecule is Cc1ccc(-c2cc(-c3ccc(F)cc3)nn2CCNC(=O)CCc2c(C)n[nH]c2C)nc1. The Balaban J connectivity index is 1.45. The highest BCUT2D eigenvalue weighted by molar-refractivity contribution is 5.76. The van der Waals surface area contributed by atoms with E-state index < -0.39 is 0 Å². The number of benzene rings is 1. The number of hydrogen-bond donors (Lipinski definition) is 2. The van der Waals surface area contributed by atoms with Crippen LogP contribution < -0.4 is 5.32 Å². The molecule has 0 aliphatic carbocycles. The molecule has 0 bridgehead atoms. The molecule has 3 aromatic heterocycles. The summed E-state index contributed by atoms with van der Waals surface area (Å²) in [6, 6.07) is 12.1. The second kappa shape index (κ2) is 9.77. The van der Waals surface area contributed by atoms with Crippen molar-refractivity contribution in [3.63, 3.8) is 0 Å². The number of aryl methyl sites for hydroxylation is 3. The van der Waals surface area contributed by atoms with Gasteiger partial charge in [0, 0.05) is 30.4 Å². The Morgan fingerprint density at radius 3 is 2.55 bits per heavy atom. The van der Waals surface area contributed by atoms with Crippen LogP contribution in [0.15, 0.2) is 48.7 Å². The number of amides is 1. The van der Waals surface area contributed by atoms with Crippen LogP contribution in [0.4, 0.5) is 4.39 Å². The van der Waals surface area contributed by atoms with E-state index in [9.17, 15) is 9.18 Å². The molecule has 0 spiro atoms. The Labute approximate surface area is 192 Å². The van der Waals surface area contributed by atoms with E-state index in [2.05, 4.69) is 20.5 Å². The molecule has 1 amide bonds. The Hall–Kier alpha value is -3.81. The van der Waals surface area contributed by atoms with Crippen LogP contribution in [0.5, 0.6) is 0 Å². The first-order chi connectivity index (χ1) is 15.9. The van der Waals surface area contributed by atoms with Crippen LogP contribution in [-0.4, -0.2) is 37.4 Å². The van der Waals surface area contributed by atoms with Crippen LogP contribution in [0.3, 0.4) is 0 Å². The summed E-state index contributed by atoms with van der Waals surface area (Å²) in [4.78, 5) is 16.9. The summed E-state index contributed by atoms with van der Waals surface area (Å²) in [5.74, 6) is -0.307. The predicted octanol–water partition coefficient (Wildman–Crippen LogP) is 4.15. The summed E-state index contributed by atoms with van der Waals surface area (Å²) in [5.41, 5.74) is 7.27. The minimum absolute atomic E-state index is 0.0177. The van der Waals surface area contributed by atoms with Crippen molar-refractivity contribution >= 4 is 5.91 Å². The number of carbonyl (C=O) groups is 1. The fourth-order valence-corrected chi connectivity index (χ4v) is 3.75. The Bertz CT molecular complexity index is 1220. The van der Waals surface area contributed by atoms with Gasteiger partial charge < -0.3 is 5.32 Å². The molecule has 4 aromatic rings. The van der Waals surface area contributed by atoms with Gasteiger partial charge in [-0.05, 0) is 74.7 Å². The monoisotopic (exact) mass is 446 g/mol. The molecule has 0 radical (unpaired) electrons. The molecular formula is C25H27FN6O. The van der Waals surface area contributed by atoms with Gasteiger partial charge in [-0.15, -0.1) is 0 Å². The summed E-state index contributed by atoms with van der Waals surface area (Å²) in [6.07, 6.45) is 2.86. The van der Waals surface area contributed by atoms with Gasteiger partial charge >= 0.3 is 0 Å². The normalized spacial score (nSPS) is 11.0. The van der Waals surface area contributed by atoms with E-state index in [1.807, 2.05) is 49.8 Å². The van der Waals surface area contributed by atoms with Gasteiger partial charge in [0.25, 0.3) is 0 Å². The molecular weight excluding hydrogens is 419 g/mol. The Kier molecular flexibility index (Phi) is 6.63. The molecule has 0 unspecified atom stereocenters. The minimum atomic E-state index is -0.290. The second-order valence-electron chi connectivity index (χ2n) is 8.13. The molecule has 0 saturated carbocycles. The smallest absolute Gasteiger partial charge is 0.220 e. The minimum Gasteiger partial charge on any atom is -0.354 e. The topological polar surface area (TPSA) is 88.5 Å². The number of nitrogens with zero attached hydrogens (tertiary/aromatic N) is 4. The first-order valence-electron chi connectivity index (χ1n) is 10.9. The van der Waals surface area contributed by atoms with Crippen LogP contribution in [0.2, 0.25) is 0 Å². The molecule has 0 aliphatic heterocycles. The molecule has 2 N–H and O–H groups in total. The van der Waals surface area contributed by atoms with Crippen molar-refractivity contribution in [2.45, 2.75) is 40.2 Å². The average Bonchev–Trinajstić information content (AvgIpc) is 3.36. The third-order valence-electron chi connectivity index (χ3n) is 5.62. The molecule has 7 nitrogen and oxygen atoms in total. The van der Waals surface area contributed by atoms with Gasteiger partial charge in [0.1, 0.15) is 5.82 Å². The van der Waals surface area contributed by atoms with Crippen molar-refractivity contribution in [1.82, 2.24) is 30.3 Å². The zero-order chi connectivity index (χ0) is 23.4. The van der Waals surface area contributed by atoms with E-state index in [1.54, 1.807) is 12.1 Å². The Morgan fingerprint density at radius 1 is 1.09 bits per heavy atom. The number of carbonyl (C=O) groups excluding carboxylic acids is 1. The van der Waals surface area contributed by atoms with Crippen LogP contribution in [0.25, 0.3) is 22.6 Å². The van der Waals surface area contributed by atoms with Gasteiger partial charge in [-0.3, -0.25) is 19.6 Å². The van der Waals surface area contributed by atoms with E-state index >= 15 is 0 Å². The largest absolute Gasteiger partial charge is 0.354 e. The average molecular weight is 447 g/mol. The number of pyridine rings is 1. The van der Waals surface area contributed by atoms with Gasteiger partial charge in [0.15, 0.2) is 0 Å². The summed E-state index contributed by atoms with van der Waals surface area (Å²) in [6.45, 7) is 6.81. The van der Waals surface area contributed by atoms with Crippen molar-refractivity contribution in [3.05, 3.63) is 77.0 Å². The van der Waals surface area contributed by atoms with Gasteiger partial charge in [-0.1, -0.05) is 6.07 Å². The number of aromatic amines is 1. The maximum absolute atomic E-state index is 13.3. The fourth-order valence-electron chi connectivity index (χ4n) is 3.75. The van der Waals surface area contributed by atoms with E-state index in [0.29, 0.717) is 25.9 Å². The molecule has 0 aliphatic rings. The zero-order valence-corrected chi connectivity index (χ0v) is 19.0. The van der Waals surface area contributed by atoms with Crippen LogP contribution >= 0.6 is 0 Å². The number of H-pyrrole nitrogens is 1. The lowest BCUT2D eigenvalue weighted by atomic mass is 10.1. The third-order valence-corrected chi connectivity index (χ3v) is 5.62. The second-order valence-corrected chi connectivity index (χ2v) is 8.13. The number of hydrogen-bond acceptors (Lipinski definition) is 4. The van der Waals surface area contributed by atoms with Crippen molar-refractivity contribution in [2.24, 2.45) is 0 Å². The predicted molar refractivity (Wildman–Crippen MR) is 125 cm³/mol. The zero-order valence-electron chi connectivity index (χ0n) is 19.0. The molecule has 1 aromatic carbocycles. The van der Waals surface area contributed by atoms with Crippen LogP contribution in [-0.2, 0) is 17.8 Å². The summed E-state index contributed by atoms with van der Waals surface area (Å²) >= 11 is 0. The molecule has 0 saturated heterocycles. The maximum atomic E-state index is 13.3. The van der Waals surface area contributed by atoms with Crippen LogP contribution in [0.1, 0.15) is 28.9 Å². The highest BCUT2D eigenvalue weighted by atomic mass is 19.1. The van der Waals surface area contributed by atoms with E-state index in [1.165, 1.54) is 12.1 Å². The van der Waals surface area contributed by atoms with E-state index in [4.69, 9.17) is 5.10 Å². The maximum Gasteiger partial charge on any atom is 0.220 e. The quantitative estimate of drug-likeness (QED) is 0.426. The van der Waals surface area contributed by atoms with Gasteiger partial charge in [-0.2, -0.15) is 10.2 Å².